The number of hydrogen-bond donors (Lipinski definition) is 0. The Balaban J connectivity index is 4.11. The van der Waals surface area contributed by atoms with E-state index in [4.69, 9.17) is 18.6 Å². The molecule has 14 heavy (non-hydrogen) atoms. The molecule has 0 aromatic rings. The summed E-state index contributed by atoms with van der Waals surface area (Å²) in [5, 5.41) is 0. The topological polar surface area (TPSA) is 36.9 Å². The second kappa shape index (κ2) is 8.37. The molecule has 0 unspecified atom stereocenters. The molecule has 5 heteroatoms. The standard InChI is InChI=1S/C9H22O4Si/c1-4-6-11-9(10-3,8-13-14)12-7-5-2/h4-8H2,1-3,14H3. The molecule has 0 bridgehead atoms. The molecular formula is C9H22O4Si. The average molecular weight is 222 g/mol. The third-order valence-electron chi connectivity index (χ3n) is 1.68. The van der Waals surface area contributed by atoms with Crippen LogP contribution in [0.4, 0.5) is 0 Å². The molecule has 0 fully saturated rings. The van der Waals surface area contributed by atoms with E-state index >= 15 is 0 Å². The van der Waals surface area contributed by atoms with Crippen molar-refractivity contribution in [2.24, 2.45) is 0 Å². The molecule has 0 heterocycles. The Hall–Kier alpha value is 0.0569. The van der Waals surface area contributed by atoms with Gasteiger partial charge in [-0.25, -0.2) is 0 Å². The highest BCUT2D eigenvalue weighted by atomic mass is 28.2. The summed E-state index contributed by atoms with van der Waals surface area (Å²) < 4.78 is 21.4. The van der Waals surface area contributed by atoms with Gasteiger partial charge >= 0.3 is 5.97 Å². The van der Waals surface area contributed by atoms with E-state index in [2.05, 4.69) is 0 Å². The molecule has 0 aliphatic carbocycles. The fraction of sp³-hybridized carbons (Fsp3) is 1.00. The van der Waals surface area contributed by atoms with Gasteiger partial charge in [-0.05, 0) is 12.8 Å². The van der Waals surface area contributed by atoms with Gasteiger partial charge in [0.25, 0.3) is 0 Å². The summed E-state index contributed by atoms with van der Waals surface area (Å²) in [6, 6.07) is 0. The van der Waals surface area contributed by atoms with Crippen LogP contribution in [-0.4, -0.2) is 43.4 Å². The highest BCUT2D eigenvalue weighted by Crippen LogP contribution is 2.15. The maximum absolute atomic E-state index is 5.52. The second-order valence-corrected chi connectivity index (χ2v) is 3.59. The van der Waals surface area contributed by atoms with Crippen LogP contribution in [0.25, 0.3) is 0 Å². The van der Waals surface area contributed by atoms with Crippen LogP contribution in [0.15, 0.2) is 0 Å². The first-order valence-corrected chi connectivity index (χ1v) is 5.88. The number of methoxy groups -OCH3 is 1. The Morgan fingerprint density at radius 2 is 1.57 bits per heavy atom. The van der Waals surface area contributed by atoms with E-state index in [1.807, 2.05) is 13.8 Å². The summed E-state index contributed by atoms with van der Waals surface area (Å²) in [5.74, 6) is -0.992. The molecule has 0 aliphatic rings. The summed E-state index contributed by atoms with van der Waals surface area (Å²) in [6.45, 7) is 5.66. The molecule has 0 atom stereocenters. The van der Waals surface area contributed by atoms with E-state index in [9.17, 15) is 0 Å². The lowest BCUT2D eigenvalue weighted by atomic mass is 10.5. The van der Waals surface area contributed by atoms with Gasteiger partial charge in [-0.1, -0.05) is 13.8 Å². The van der Waals surface area contributed by atoms with Crippen LogP contribution >= 0.6 is 0 Å². The van der Waals surface area contributed by atoms with Crippen molar-refractivity contribution in [3.05, 3.63) is 0 Å². The maximum atomic E-state index is 5.52. The molecule has 0 saturated heterocycles. The molecule has 4 nitrogen and oxygen atoms in total. The zero-order valence-corrected chi connectivity index (χ0v) is 11.7. The normalized spacial score (nSPS) is 12.2. The molecule has 0 rings (SSSR count). The van der Waals surface area contributed by atoms with E-state index in [0.717, 1.165) is 12.8 Å². The lowest BCUT2D eigenvalue weighted by Gasteiger charge is -2.31. The fourth-order valence-electron chi connectivity index (χ4n) is 0.994. The van der Waals surface area contributed by atoms with Gasteiger partial charge in [0.1, 0.15) is 17.1 Å². The monoisotopic (exact) mass is 222 g/mol. The highest BCUT2D eigenvalue weighted by molar-refractivity contribution is 5.97. The van der Waals surface area contributed by atoms with Crippen LogP contribution < -0.4 is 0 Å². The Bertz CT molecular complexity index is 124. The van der Waals surface area contributed by atoms with Gasteiger partial charge in [0.2, 0.25) is 0 Å². The van der Waals surface area contributed by atoms with Gasteiger partial charge in [0.05, 0.1) is 13.2 Å². The highest BCUT2D eigenvalue weighted by Gasteiger charge is 2.31. The van der Waals surface area contributed by atoms with Crippen LogP contribution in [0.2, 0.25) is 0 Å². The predicted molar refractivity (Wildman–Crippen MR) is 58.1 cm³/mol. The van der Waals surface area contributed by atoms with Crippen LogP contribution in [0.1, 0.15) is 26.7 Å². The van der Waals surface area contributed by atoms with Crippen molar-refractivity contribution in [1.29, 1.82) is 0 Å². The molecular weight excluding hydrogens is 200 g/mol. The molecule has 0 radical (unpaired) electrons. The fourth-order valence-corrected chi connectivity index (χ4v) is 1.35. The van der Waals surface area contributed by atoms with E-state index in [1.165, 1.54) is 0 Å². The Morgan fingerprint density at radius 3 is 1.86 bits per heavy atom. The van der Waals surface area contributed by atoms with Gasteiger partial charge in [-0.15, -0.1) is 0 Å². The third kappa shape index (κ3) is 5.07. The quantitative estimate of drug-likeness (QED) is 0.419. The smallest absolute Gasteiger partial charge is 0.306 e. The summed E-state index contributed by atoms with van der Waals surface area (Å²) in [6.07, 6.45) is 1.86. The first kappa shape index (κ1) is 14.1. The summed E-state index contributed by atoms with van der Waals surface area (Å²) in [4.78, 5) is 0. The number of rotatable bonds is 9. The lowest BCUT2D eigenvalue weighted by Crippen LogP contribution is -2.43. The minimum Gasteiger partial charge on any atom is -0.420 e. The Kier molecular flexibility index (Phi) is 8.41. The predicted octanol–water partition coefficient (Wildman–Crippen LogP) is 0.437. The van der Waals surface area contributed by atoms with E-state index < -0.39 is 5.97 Å². The van der Waals surface area contributed by atoms with Gasteiger partial charge in [0, 0.05) is 7.11 Å². The zero-order valence-electron chi connectivity index (χ0n) is 9.67. The molecule has 0 N–H and O–H groups in total. The summed E-state index contributed by atoms with van der Waals surface area (Å²) in [7, 11) is 2.23. The molecule has 0 spiro atoms. The molecule has 0 amide bonds. The van der Waals surface area contributed by atoms with Crippen molar-refractivity contribution in [3.63, 3.8) is 0 Å². The molecule has 0 aliphatic heterocycles. The first-order valence-electron chi connectivity index (χ1n) is 5.06. The minimum atomic E-state index is -0.992. The van der Waals surface area contributed by atoms with Crippen LogP contribution in [0, 0.1) is 0 Å². The van der Waals surface area contributed by atoms with E-state index in [-0.39, 0.29) is 0 Å². The maximum Gasteiger partial charge on any atom is 0.306 e. The zero-order chi connectivity index (χ0) is 10.9. The van der Waals surface area contributed by atoms with Crippen LogP contribution in [0.5, 0.6) is 0 Å². The van der Waals surface area contributed by atoms with Crippen molar-refractivity contribution < 1.29 is 18.6 Å². The van der Waals surface area contributed by atoms with Gasteiger partial charge in [-0.2, -0.15) is 0 Å². The molecule has 0 aromatic carbocycles. The first-order chi connectivity index (χ1) is 6.74. The molecule has 0 aromatic heterocycles. The lowest BCUT2D eigenvalue weighted by molar-refractivity contribution is -0.379. The van der Waals surface area contributed by atoms with Gasteiger partial charge in [0.15, 0.2) is 0 Å². The minimum absolute atomic E-state index is 0.343. The Morgan fingerprint density at radius 1 is 1.07 bits per heavy atom. The third-order valence-corrected chi connectivity index (χ3v) is 1.97. The largest absolute Gasteiger partial charge is 0.420 e. The molecule has 0 saturated carbocycles. The van der Waals surface area contributed by atoms with E-state index in [0.29, 0.717) is 30.3 Å². The van der Waals surface area contributed by atoms with Gasteiger partial charge in [-0.3, -0.25) is 0 Å². The van der Waals surface area contributed by atoms with Crippen LogP contribution in [-0.2, 0) is 18.6 Å². The van der Waals surface area contributed by atoms with Crippen molar-refractivity contribution in [3.8, 4) is 0 Å². The summed E-state index contributed by atoms with van der Waals surface area (Å²) in [5.41, 5.74) is 0. The number of hydrogen-bond acceptors (Lipinski definition) is 4. The molecule has 86 valence electrons. The van der Waals surface area contributed by atoms with Crippen molar-refractivity contribution in [2.75, 3.05) is 26.9 Å². The van der Waals surface area contributed by atoms with E-state index in [1.54, 1.807) is 7.11 Å². The summed E-state index contributed by atoms with van der Waals surface area (Å²) >= 11 is 0. The SMILES string of the molecule is CCCOC(CO[SiH3])(OC)OCCC. The van der Waals surface area contributed by atoms with Crippen molar-refractivity contribution in [1.82, 2.24) is 0 Å². The van der Waals surface area contributed by atoms with Crippen molar-refractivity contribution >= 4 is 10.5 Å². The van der Waals surface area contributed by atoms with Crippen LogP contribution in [0.3, 0.4) is 0 Å². The van der Waals surface area contributed by atoms with Crippen molar-refractivity contribution in [2.45, 2.75) is 32.7 Å². The van der Waals surface area contributed by atoms with Gasteiger partial charge < -0.3 is 18.6 Å². The second-order valence-electron chi connectivity index (χ2n) is 3.02. The average Bonchev–Trinajstić information content (AvgIpc) is 2.22. The Labute approximate surface area is 89.4 Å². The number of ether oxygens (including phenoxy) is 3.